The Balaban J connectivity index is 1.39. The predicted octanol–water partition coefficient (Wildman–Crippen LogP) is 3.43. The van der Waals surface area contributed by atoms with Crippen LogP contribution in [0.3, 0.4) is 0 Å². The number of benzene rings is 1. The van der Waals surface area contributed by atoms with Crippen molar-refractivity contribution in [1.82, 2.24) is 10.3 Å². The summed E-state index contributed by atoms with van der Waals surface area (Å²) in [5, 5.41) is 14.4. The van der Waals surface area contributed by atoms with Crippen LogP contribution in [0.4, 0.5) is 5.69 Å². The van der Waals surface area contributed by atoms with Crippen LogP contribution in [0.1, 0.15) is 35.3 Å². The van der Waals surface area contributed by atoms with E-state index in [9.17, 15) is 4.79 Å². The summed E-state index contributed by atoms with van der Waals surface area (Å²) >= 11 is 0. The van der Waals surface area contributed by atoms with Crippen molar-refractivity contribution in [1.29, 1.82) is 0 Å². The predicted molar refractivity (Wildman–Crippen MR) is 105 cm³/mol. The number of terminal acetylenes is 1. The molecule has 0 spiro atoms. The monoisotopic (exact) mass is 361 g/mol. The zero-order chi connectivity index (χ0) is 19.0. The fraction of sp³-hybridized carbons (Fsp3) is 0.333. The molecule has 0 atom stereocenters. The van der Waals surface area contributed by atoms with E-state index < -0.39 is 0 Å². The molecule has 0 aliphatic carbocycles. The molecule has 0 bridgehead atoms. The maximum absolute atomic E-state index is 12.2. The van der Waals surface area contributed by atoms with Crippen LogP contribution in [0.2, 0.25) is 0 Å². The molecule has 1 amide bonds. The fourth-order valence-electron chi connectivity index (χ4n) is 2.77. The van der Waals surface area contributed by atoms with E-state index in [0.29, 0.717) is 24.9 Å². The molecule has 6 nitrogen and oxygen atoms in total. The normalized spacial score (nSPS) is 13.6. The minimum Gasteiger partial charge on any atom is -0.385 e. The van der Waals surface area contributed by atoms with Crippen LogP contribution < -0.4 is 10.6 Å². The van der Waals surface area contributed by atoms with Gasteiger partial charge in [0, 0.05) is 61.9 Å². The van der Waals surface area contributed by atoms with Crippen molar-refractivity contribution in [2.75, 3.05) is 18.4 Å². The van der Waals surface area contributed by atoms with Gasteiger partial charge in [0.05, 0.1) is 0 Å². The number of hydrogen-bond donors (Lipinski definition) is 2. The van der Waals surface area contributed by atoms with Gasteiger partial charge in [-0.05, 0) is 36.4 Å². The summed E-state index contributed by atoms with van der Waals surface area (Å²) in [7, 11) is 0. The van der Waals surface area contributed by atoms with E-state index >= 15 is 0 Å². The molecular weight excluding hydrogens is 338 g/mol. The second-order valence-corrected chi connectivity index (χ2v) is 6.47. The van der Waals surface area contributed by atoms with Gasteiger partial charge in [-0.25, -0.2) is 0 Å². The summed E-state index contributed by atoms with van der Waals surface area (Å²) < 4.78 is 0. The Hall–Kier alpha value is -3.20. The van der Waals surface area contributed by atoms with Gasteiger partial charge < -0.3 is 10.6 Å². The van der Waals surface area contributed by atoms with Crippen molar-refractivity contribution in [2.24, 2.45) is 10.2 Å². The van der Waals surface area contributed by atoms with Crippen LogP contribution in [0.25, 0.3) is 0 Å². The SMILES string of the molecule is C#CCCC1(CCNC(=O)c2ccc(NCCc3ccccn3)cc2)N=N1. The van der Waals surface area contributed by atoms with Crippen LogP contribution in [0.15, 0.2) is 58.9 Å². The first-order chi connectivity index (χ1) is 13.2. The summed E-state index contributed by atoms with van der Waals surface area (Å²) in [5.74, 6) is 2.51. The molecule has 0 unspecified atom stereocenters. The Labute approximate surface area is 159 Å². The summed E-state index contributed by atoms with van der Waals surface area (Å²) in [6.45, 7) is 1.32. The molecule has 1 aliphatic rings. The van der Waals surface area contributed by atoms with E-state index in [4.69, 9.17) is 6.42 Å². The molecule has 2 aromatic rings. The van der Waals surface area contributed by atoms with E-state index in [1.54, 1.807) is 6.20 Å². The van der Waals surface area contributed by atoms with E-state index in [0.717, 1.165) is 30.8 Å². The highest BCUT2D eigenvalue weighted by molar-refractivity contribution is 5.94. The molecule has 2 N–H and O–H groups in total. The third-order valence-corrected chi connectivity index (χ3v) is 4.45. The highest BCUT2D eigenvalue weighted by atomic mass is 16.1. The van der Waals surface area contributed by atoms with Gasteiger partial charge in [0.1, 0.15) is 0 Å². The van der Waals surface area contributed by atoms with Crippen molar-refractivity contribution in [3.8, 4) is 12.3 Å². The Morgan fingerprint density at radius 2 is 1.89 bits per heavy atom. The van der Waals surface area contributed by atoms with Crippen LogP contribution in [-0.2, 0) is 6.42 Å². The second kappa shape index (κ2) is 8.95. The Morgan fingerprint density at radius 1 is 1.07 bits per heavy atom. The lowest BCUT2D eigenvalue weighted by Gasteiger charge is -2.10. The van der Waals surface area contributed by atoms with E-state index in [2.05, 4.69) is 31.8 Å². The van der Waals surface area contributed by atoms with Crippen molar-refractivity contribution in [3.63, 3.8) is 0 Å². The summed E-state index contributed by atoms with van der Waals surface area (Å²) in [5.41, 5.74) is 2.30. The van der Waals surface area contributed by atoms with Gasteiger partial charge >= 0.3 is 0 Å². The molecule has 0 saturated carbocycles. The van der Waals surface area contributed by atoms with Crippen LogP contribution in [0.5, 0.6) is 0 Å². The number of nitrogens with one attached hydrogen (secondary N) is 2. The molecule has 3 rings (SSSR count). The summed E-state index contributed by atoms with van der Waals surface area (Å²) in [6.07, 6.45) is 10.0. The van der Waals surface area contributed by atoms with Crippen LogP contribution in [0, 0.1) is 12.3 Å². The zero-order valence-corrected chi connectivity index (χ0v) is 15.2. The first-order valence-electron chi connectivity index (χ1n) is 9.10. The number of carbonyl (C=O) groups excluding carboxylic acids is 1. The lowest BCUT2D eigenvalue weighted by Crippen LogP contribution is -2.28. The highest BCUT2D eigenvalue weighted by Crippen LogP contribution is 2.36. The lowest BCUT2D eigenvalue weighted by molar-refractivity contribution is 0.0952. The van der Waals surface area contributed by atoms with Gasteiger partial charge in [0.25, 0.3) is 5.91 Å². The van der Waals surface area contributed by atoms with Gasteiger partial charge in [-0.1, -0.05) is 6.07 Å². The quantitative estimate of drug-likeness (QED) is 0.636. The molecule has 2 heterocycles. The summed E-state index contributed by atoms with van der Waals surface area (Å²) in [6, 6.07) is 13.4. The minimum atomic E-state index is -0.360. The number of anilines is 1. The summed E-state index contributed by atoms with van der Waals surface area (Å²) in [4.78, 5) is 16.5. The molecule has 27 heavy (non-hydrogen) atoms. The average molecular weight is 361 g/mol. The number of hydrogen-bond acceptors (Lipinski definition) is 5. The third kappa shape index (κ3) is 5.65. The van der Waals surface area contributed by atoms with Crippen LogP contribution >= 0.6 is 0 Å². The third-order valence-electron chi connectivity index (χ3n) is 4.45. The van der Waals surface area contributed by atoms with E-state index in [1.165, 1.54) is 0 Å². The lowest BCUT2D eigenvalue weighted by atomic mass is 10.0. The smallest absolute Gasteiger partial charge is 0.251 e. The van der Waals surface area contributed by atoms with Gasteiger partial charge in [0.15, 0.2) is 5.66 Å². The first kappa shape index (κ1) is 18.6. The highest BCUT2D eigenvalue weighted by Gasteiger charge is 2.38. The average Bonchev–Trinajstić information content (AvgIpc) is 3.48. The Bertz CT molecular complexity index is 818. The number of rotatable bonds is 10. The number of pyridine rings is 1. The van der Waals surface area contributed by atoms with E-state index in [-0.39, 0.29) is 11.6 Å². The fourth-order valence-corrected chi connectivity index (χ4v) is 2.77. The van der Waals surface area contributed by atoms with Gasteiger partial charge in [-0.2, -0.15) is 10.2 Å². The maximum Gasteiger partial charge on any atom is 0.251 e. The molecular formula is C21H23N5O. The molecule has 0 radical (unpaired) electrons. The number of nitrogens with zero attached hydrogens (tertiary/aromatic N) is 3. The maximum atomic E-state index is 12.2. The molecule has 0 saturated heterocycles. The van der Waals surface area contributed by atoms with Crippen LogP contribution in [-0.4, -0.2) is 29.6 Å². The van der Waals surface area contributed by atoms with Crippen molar-refractivity contribution < 1.29 is 4.79 Å². The molecule has 1 aromatic carbocycles. The number of amides is 1. The van der Waals surface area contributed by atoms with Crippen molar-refractivity contribution in [2.45, 2.75) is 31.3 Å². The Morgan fingerprint density at radius 3 is 2.56 bits per heavy atom. The molecule has 138 valence electrons. The number of carbonyl (C=O) groups is 1. The van der Waals surface area contributed by atoms with Gasteiger partial charge in [-0.3, -0.25) is 9.78 Å². The van der Waals surface area contributed by atoms with Gasteiger partial charge in [0.2, 0.25) is 0 Å². The number of aromatic nitrogens is 1. The largest absolute Gasteiger partial charge is 0.385 e. The minimum absolute atomic E-state index is 0.0946. The standard InChI is InChI=1S/C21H23N5O/c1-2-3-12-21(25-26-21)13-16-24-20(27)17-7-9-19(10-8-17)23-15-11-18-6-4-5-14-22-18/h1,4-10,14,23H,3,11-13,15-16H2,(H,24,27). The first-order valence-corrected chi connectivity index (χ1v) is 9.10. The molecule has 1 aromatic heterocycles. The van der Waals surface area contributed by atoms with Gasteiger partial charge in [-0.15, -0.1) is 12.3 Å². The zero-order valence-electron chi connectivity index (χ0n) is 15.2. The van der Waals surface area contributed by atoms with E-state index in [1.807, 2.05) is 42.5 Å². The molecule has 6 heteroatoms. The Kier molecular flexibility index (Phi) is 6.16. The molecule has 1 aliphatic heterocycles. The molecule has 0 fully saturated rings. The van der Waals surface area contributed by atoms with Crippen molar-refractivity contribution in [3.05, 3.63) is 59.9 Å². The van der Waals surface area contributed by atoms with Crippen molar-refractivity contribution >= 4 is 11.6 Å². The second-order valence-electron chi connectivity index (χ2n) is 6.47. The topological polar surface area (TPSA) is 78.7 Å².